The van der Waals surface area contributed by atoms with E-state index in [-0.39, 0.29) is 0 Å². The predicted octanol–water partition coefficient (Wildman–Crippen LogP) is 6.43. The fraction of sp³-hybridized carbons (Fsp3) is 0.0833. The minimum atomic E-state index is 0.293. The molecule has 6 heteroatoms. The van der Waals surface area contributed by atoms with Gasteiger partial charge in [0, 0.05) is 31.7 Å². The van der Waals surface area contributed by atoms with Crippen molar-refractivity contribution in [2.45, 2.75) is 13.8 Å². The van der Waals surface area contributed by atoms with Crippen LogP contribution in [0.2, 0.25) is 0 Å². The lowest BCUT2D eigenvalue weighted by Crippen LogP contribution is -1.92. The molecule has 2 aromatic carbocycles. The van der Waals surface area contributed by atoms with Gasteiger partial charge in [0.15, 0.2) is 0 Å². The van der Waals surface area contributed by atoms with Gasteiger partial charge in [-0.15, -0.1) is 22.7 Å². The second-order valence-corrected chi connectivity index (χ2v) is 9.08. The molecule has 140 valence electrons. The van der Waals surface area contributed by atoms with Gasteiger partial charge in [0.25, 0.3) is 0 Å². The second kappa shape index (κ2) is 7.47. The summed E-state index contributed by atoms with van der Waals surface area (Å²) in [6.45, 7) is 3.81. The summed E-state index contributed by atoms with van der Waals surface area (Å²) in [5.41, 5.74) is 3.09. The molecule has 0 spiro atoms. The second-order valence-electron chi connectivity index (χ2n) is 6.63. The van der Waals surface area contributed by atoms with E-state index in [0.29, 0.717) is 33.4 Å². The van der Waals surface area contributed by atoms with Gasteiger partial charge in [0.05, 0.1) is 31.7 Å². The zero-order valence-electron chi connectivity index (χ0n) is 16.1. The highest BCUT2D eigenvalue weighted by atomic mass is 32.1. The van der Waals surface area contributed by atoms with E-state index in [1.807, 2.05) is 26.0 Å². The van der Waals surface area contributed by atoms with Crippen molar-refractivity contribution < 1.29 is 0 Å². The average molecular weight is 421 g/mol. The molecule has 0 aliphatic heterocycles. The molecule has 0 saturated heterocycles. The number of fused-ring (bicyclic) bond motifs is 2. The highest BCUT2D eigenvalue weighted by Crippen LogP contribution is 2.43. The third-order valence-corrected chi connectivity index (χ3v) is 7.31. The largest absolute Gasteiger partial charge is 0.192 e. The normalized spacial score (nSPS) is 11.4. The molecule has 0 bridgehead atoms. The maximum Gasteiger partial charge on any atom is 0.101 e. The number of benzene rings is 2. The van der Waals surface area contributed by atoms with Crippen LogP contribution in [0.1, 0.15) is 32.0 Å². The number of allylic oxidation sites excluding steroid dienone is 2. The van der Waals surface area contributed by atoms with Gasteiger partial charge in [-0.1, -0.05) is 24.3 Å². The molecular weight excluding hydrogens is 408 g/mol. The molecule has 4 aromatic rings. The third kappa shape index (κ3) is 2.76. The van der Waals surface area contributed by atoms with Crippen molar-refractivity contribution in [1.29, 1.82) is 21.0 Å². The Labute approximate surface area is 181 Å². The van der Waals surface area contributed by atoms with E-state index in [0.717, 1.165) is 29.9 Å². The highest BCUT2D eigenvalue weighted by molar-refractivity contribution is 7.20. The molecule has 0 unspecified atom stereocenters. The van der Waals surface area contributed by atoms with Crippen LogP contribution in [-0.2, 0) is 0 Å². The van der Waals surface area contributed by atoms with Crippen molar-refractivity contribution in [3.8, 4) is 24.3 Å². The number of hydrogen-bond acceptors (Lipinski definition) is 6. The Morgan fingerprint density at radius 1 is 0.667 bits per heavy atom. The van der Waals surface area contributed by atoms with Crippen LogP contribution in [0.4, 0.5) is 0 Å². The molecule has 0 N–H and O–H groups in total. The van der Waals surface area contributed by atoms with Crippen LogP contribution < -0.4 is 0 Å². The number of hydrogen-bond donors (Lipinski definition) is 0. The van der Waals surface area contributed by atoms with Crippen molar-refractivity contribution in [3.05, 3.63) is 68.4 Å². The quantitative estimate of drug-likeness (QED) is 0.349. The lowest BCUT2D eigenvalue weighted by molar-refractivity contribution is 1.49. The van der Waals surface area contributed by atoms with E-state index in [9.17, 15) is 21.0 Å². The van der Waals surface area contributed by atoms with Crippen LogP contribution in [0.25, 0.3) is 31.3 Å². The molecule has 2 heterocycles. The monoisotopic (exact) mass is 420 g/mol. The summed E-state index contributed by atoms with van der Waals surface area (Å²) < 4.78 is 1.63. The van der Waals surface area contributed by atoms with Crippen molar-refractivity contribution in [3.63, 3.8) is 0 Å². The van der Waals surface area contributed by atoms with Crippen molar-refractivity contribution in [1.82, 2.24) is 0 Å². The number of nitrogens with zero attached hydrogens (tertiary/aromatic N) is 4. The SMILES string of the molecule is Cc1sc2c(C#N)cccc2c1/C(C#N)=C(/C#N)c1c(C)sc2c(C#N)cccc12. The molecule has 0 aliphatic carbocycles. The molecule has 4 rings (SSSR count). The first-order valence-corrected chi connectivity index (χ1v) is 10.6. The highest BCUT2D eigenvalue weighted by Gasteiger charge is 2.23. The lowest BCUT2D eigenvalue weighted by Gasteiger charge is -2.06. The third-order valence-electron chi connectivity index (χ3n) is 5.00. The van der Waals surface area contributed by atoms with Crippen LogP contribution in [0.3, 0.4) is 0 Å². The standard InChI is InChI=1S/C24H12N4S2/c1-13-21(17-7-3-5-15(9-25)23(17)29-13)19(11-27)20(12-28)22-14(2)30-24-16(10-26)6-4-8-18(22)24/h3-8H,1-2H3/b20-19-. The molecule has 4 nitrogen and oxygen atoms in total. The fourth-order valence-electron chi connectivity index (χ4n) is 3.75. The molecule has 2 aromatic heterocycles. The van der Waals surface area contributed by atoms with Crippen molar-refractivity contribution >= 4 is 54.0 Å². The van der Waals surface area contributed by atoms with E-state index in [1.54, 1.807) is 24.3 Å². The van der Waals surface area contributed by atoms with Crippen LogP contribution in [0.5, 0.6) is 0 Å². The molecule has 0 fully saturated rings. The number of thiophene rings is 2. The summed E-state index contributed by atoms with van der Waals surface area (Å²) in [6, 6.07) is 19.8. The summed E-state index contributed by atoms with van der Waals surface area (Å²) in [5, 5.41) is 40.7. The van der Waals surface area contributed by atoms with Gasteiger partial charge in [0.2, 0.25) is 0 Å². The zero-order valence-corrected chi connectivity index (χ0v) is 17.7. The van der Waals surface area contributed by atoms with E-state index in [2.05, 4.69) is 24.3 Å². The summed E-state index contributed by atoms with van der Waals surface area (Å²) >= 11 is 2.91. The van der Waals surface area contributed by atoms with Gasteiger partial charge in [-0.25, -0.2) is 0 Å². The van der Waals surface area contributed by atoms with E-state index in [4.69, 9.17) is 0 Å². The van der Waals surface area contributed by atoms with Crippen LogP contribution in [-0.4, -0.2) is 0 Å². The maximum atomic E-state index is 10.1. The van der Waals surface area contributed by atoms with Gasteiger partial charge in [-0.05, 0) is 26.0 Å². The molecule has 0 atom stereocenters. The topological polar surface area (TPSA) is 95.2 Å². The van der Waals surface area contributed by atoms with Crippen LogP contribution >= 0.6 is 22.7 Å². The first-order chi connectivity index (χ1) is 14.5. The smallest absolute Gasteiger partial charge is 0.101 e. The Morgan fingerprint density at radius 3 is 1.40 bits per heavy atom. The van der Waals surface area contributed by atoms with Gasteiger partial charge < -0.3 is 0 Å². The Balaban J connectivity index is 2.13. The molecule has 0 aliphatic rings. The number of aryl methyl sites for hydroxylation is 2. The predicted molar refractivity (Wildman–Crippen MR) is 121 cm³/mol. The summed E-state index contributed by atoms with van der Waals surface area (Å²) in [5.74, 6) is 0. The first kappa shape index (κ1) is 19.4. The molecule has 30 heavy (non-hydrogen) atoms. The number of nitriles is 4. The number of rotatable bonds is 2. The van der Waals surface area contributed by atoms with E-state index in [1.165, 1.54) is 22.7 Å². The molecular formula is C24H12N4S2. The first-order valence-electron chi connectivity index (χ1n) is 8.95. The van der Waals surface area contributed by atoms with Crippen molar-refractivity contribution in [2.24, 2.45) is 0 Å². The summed E-state index contributed by atoms with van der Waals surface area (Å²) in [7, 11) is 0. The van der Waals surface area contributed by atoms with Gasteiger partial charge in [-0.3, -0.25) is 0 Å². The molecule has 0 saturated carbocycles. The Morgan fingerprint density at radius 2 is 1.07 bits per heavy atom. The summed E-state index contributed by atoms with van der Waals surface area (Å²) in [4.78, 5) is 1.76. The van der Waals surface area contributed by atoms with Crippen molar-refractivity contribution in [2.75, 3.05) is 0 Å². The Kier molecular flexibility index (Phi) is 4.83. The molecule has 0 radical (unpaired) electrons. The minimum Gasteiger partial charge on any atom is -0.192 e. The Hall–Kier alpha value is -3.94. The van der Waals surface area contributed by atoms with Crippen LogP contribution in [0, 0.1) is 59.2 Å². The average Bonchev–Trinajstić information content (AvgIpc) is 3.27. The summed E-state index contributed by atoms with van der Waals surface area (Å²) in [6.07, 6.45) is 0. The fourth-order valence-corrected chi connectivity index (χ4v) is 5.99. The Bertz CT molecular complexity index is 1440. The minimum absolute atomic E-state index is 0.293. The van der Waals surface area contributed by atoms with Gasteiger partial charge >= 0.3 is 0 Å². The van der Waals surface area contributed by atoms with E-state index < -0.39 is 0 Å². The molecule has 0 amide bonds. The van der Waals surface area contributed by atoms with Gasteiger partial charge in [0.1, 0.15) is 24.3 Å². The van der Waals surface area contributed by atoms with E-state index >= 15 is 0 Å². The maximum absolute atomic E-state index is 10.1. The van der Waals surface area contributed by atoms with Crippen LogP contribution in [0.15, 0.2) is 36.4 Å². The van der Waals surface area contributed by atoms with Gasteiger partial charge in [-0.2, -0.15) is 21.0 Å². The zero-order chi connectivity index (χ0) is 21.4. The lowest BCUT2D eigenvalue weighted by atomic mass is 9.92.